The molecule has 0 aliphatic carbocycles. The van der Waals surface area contributed by atoms with E-state index in [0.29, 0.717) is 22.6 Å². The highest BCUT2D eigenvalue weighted by Gasteiger charge is 2.30. The van der Waals surface area contributed by atoms with Crippen LogP contribution in [0.4, 0.5) is 13.2 Å². The summed E-state index contributed by atoms with van der Waals surface area (Å²) in [5.41, 5.74) is 2.54. The maximum Gasteiger partial charge on any atom is 0.573 e. The van der Waals surface area contributed by atoms with Gasteiger partial charge in [0.05, 0.1) is 5.69 Å². The van der Waals surface area contributed by atoms with E-state index in [1.807, 2.05) is 13.8 Å². The molecule has 0 atom stereocenters. The van der Waals surface area contributed by atoms with Gasteiger partial charge in [0, 0.05) is 22.9 Å². The largest absolute Gasteiger partial charge is 0.573 e. The van der Waals surface area contributed by atoms with E-state index in [9.17, 15) is 18.0 Å². The Morgan fingerprint density at radius 2 is 1.48 bits per heavy atom. The average Bonchev–Trinajstić information content (AvgIpc) is 2.69. The van der Waals surface area contributed by atoms with Gasteiger partial charge in [-0.1, -0.05) is 38.1 Å². The number of benzene rings is 2. The molecule has 0 unspecified atom stereocenters. The van der Waals surface area contributed by atoms with Crippen molar-refractivity contribution in [3.05, 3.63) is 66.4 Å². The van der Waals surface area contributed by atoms with E-state index >= 15 is 0 Å². The highest BCUT2D eigenvalue weighted by atomic mass is 19.4. The van der Waals surface area contributed by atoms with E-state index in [1.165, 1.54) is 24.3 Å². The van der Waals surface area contributed by atoms with Crippen LogP contribution in [0.2, 0.25) is 0 Å². The van der Waals surface area contributed by atoms with Crippen molar-refractivity contribution >= 4 is 6.29 Å². The van der Waals surface area contributed by atoms with Crippen LogP contribution in [0.25, 0.3) is 22.6 Å². The van der Waals surface area contributed by atoms with Gasteiger partial charge in [-0.05, 0) is 30.3 Å². The van der Waals surface area contributed by atoms with Crippen molar-refractivity contribution in [1.82, 2.24) is 9.97 Å². The molecule has 4 nitrogen and oxygen atoms in total. The molecule has 0 radical (unpaired) electrons. The van der Waals surface area contributed by atoms with E-state index in [4.69, 9.17) is 0 Å². The van der Waals surface area contributed by atoms with Crippen molar-refractivity contribution in [2.45, 2.75) is 20.2 Å². The third kappa shape index (κ3) is 5.64. The number of nitrogens with zero attached hydrogens (tertiary/aromatic N) is 2. The van der Waals surface area contributed by atoms with Crippen molar-refractivity contribution in [2.75, 3.05) is 0 Å². The molecule has 0 spiro atoms. The van der Waals surface area contributed by atoms with E-state index in [2.05, 4.69) is 14.7 Å². The third-order valence-electron chi connectivity index (χ3n) is 3.34. The number of rotatable bonds is 4. The van der Waals surface area contributed by atoms with Crippen LogP contribution in [-0.4, -0.2) is 22.6 Å². The summed E-state index contributed by atoms with van der Waals surface area (Å²) in [6, 6.07) is 13.9. The van der Waals surface area contributed by atoms with Gasteiger partial charge in [0.2, 0.25) is 0 Å². The lowest BCUT2D eigenvalue weighted by atomic mass is 10.1. The molecule has 0 bridgehead atoms. The molecule has 0 fully saturated rings. The van der Waals surface area contributed by atoms with Gasteiger partial charge in [0.25, 0.3) is 0 Å². The molecule has 27 heavy (non-hydrogen) atoms. The van der Waals surface area contributed by atoms with Gasteiger partial charge in [-0.2, -0.15) is 0 Å². The zero-order valence-electron chi connectivity index (χ0n) is 14.7. The summed E-state index contributed by atoms with van der Waals surface area (Å²) >= 11 is 0. The number of ether oxygens (including phenoxy) is 1. The maximum absolute atomic E-state index is 12.2. The second kappa shape index (κ2) is 8.93. The van der Waals surface area contributed by atoms with Gasteiger partial charge in [-0.25, -0.2) is 9.97 Å². The Labute approximate surface area is 154 Å². The number of hydrogen-bond acceptors (Lipinski definition) is 4. The predicted molar refractivity (Wildman–Crippen MR) is 96.3 cm³/mol. The first kappa shape index (κ1) is 20.1. The first-order chi connectivity index (χ1) is 12.9. The summed E-state index contributed by atoms with van der Waals surface area (Å²) in [6.07, 6.45) is -2.42. The van der Waals surface area contributed by atoms with Gasteiger partial charge in [-0.15, -0.1) is 13.2 Å². The van der Waals surface area contributed by atoms with E-state index < -0.39 is 6.36 Å². The minimum absolute atomic E-state index is 0.308. The van der Waals surface area contributed by atoms with Crippen LogP contribution < -0.4 is 4.74 Å². The molecule has 2 aromatic carbocycles. The predicted octanol–water partition coefficient (Wildman–Crippen LogP) is 5.55. The molecule has 0 aliphatic rings. The highest BCUT2D eigenvalue weighted by Crippen LogP contribution is 2.26. The summed E-state index contributed by atoms with van der Waals surface area (Å²) in [5.74, 6) is 0.0624. The molecular weight excluding hydrogens is 357 g/mol. The number of hydrogen-bond donors (Lipinski definition) is 0. The first-order valence-corrected chi connectivity index (χ1v) is 8.19. The number of aromatic nitrogens is 2. The Morgan fingerprint density at radius 3 is 2.04 bits per heavy atom. The van der Waals surface area contributed by atoms with Crippen LogP contribution in [0, 0.1) is 0 Å². The molecule has 0 saturated carbocycles. The summed E-state index contributed by atoms with van der Waals surface area (Å²) in [5, 5.41) is 0. The Hall–Kier alpha value is -3.22. The fraction of sp³-hybridized carbons (Fsp3) is 0.150. The Balaban J connectivity index is 0.00000126. The van der Waals surface area contributed by atoms with Crippen molar-refractivity contribution in [3.8, 4) is 28.4 Å². The van der Waals surface area contributed by atoms with Crippen LogP contribution in [0.3, 0.4) is 0 Å². The summed E-state index contributed by atoms with van der Waals surface area (Å²) < 4.78 is 40.4. The molecule has 0 N–H and O–H groups in total. The molecule has 1 aromatic heterocycles. The number of carbonyl (C=O) groups excluding carboxylic acids is 1. The molecule has 0 amide bonds. The van der Waals surface area contributed by atoms with Crippen molar-refractivity contribution in [3.63, 3.8) is 0 Å². The Kier molecular flexibility index (Phi) is 6.65. The summed E-state index contributed by atoms with van der Waals surface area (Å²) in [6.45, 7) is 4.00. The number of halogens is 3. The zero-order chi connectivity index (χ0) is 19.9. The average molecular weight is 374 g/mol. The van der Waals surface area contributed by atoms with Crippen molar-refractivity contribution in [2.24, 2.45) is 0 Å². The SMILES string of the molecule is CC.O=Cc1ccc(-c2ccnc(-c3ccc(OC(F)(F)F)cc3)n2)cc1. The van der Waals surface area contributed by atoms with E-state index in [0.717, 1.165) is 11.8 Å². The Bertz CT molecular complexity index is 877. The summed E-state index contributed by atoms with van der Waals surface area (Å²) in [7, 11) is 0. The smallest absolute Gasteiger partial charge is 0.406 e. The van der Waals surface area contributed by atoms with Crippen molar-refractivity contribution in [1.29, 1.82) is 0 Å². The van der Waals surface area contributed by atoms with Crippen LogP contribution in [0.15, 0.2) is 60.8 Å². The highest BCUT2D eigenvalue weighted by molar-refractivity contribution is 5.76. The lowest BCUT2D eigenvalue weighted by Crippen LogP contribution is -2.16. The van der Waals surface area contributed by atoms with Crippen LogP contribution in [0.5, 0.6) is 5.75 Å². The Morgan fingerprint density at radius 1 is 0.889 bits per heavy atom. The third-order valence-corrected chi connectivity index (χ3v) is 3.34. The van der Waals surface area contributed by atoms with Gasteiger partial charge in [0.15, 0.2) is 5.82 Å². The first-order valence-electron chi connectivity index (χ1n) is 8.19. The van der Waals surface area contributed by atoms with E-state index in [1.54, 1.807) is 36.5 Å². The van der Waals surface area contributed by atoms with Crippen LogP contribution in [0.1, 0.15) is 24.2 Å². The van der Waals surface area contributed by atoms with Crippen molar-refractivity contribution < 1.29 is 22.7 Å². The molecule has 0 saturated heterocycles. The quantitative estimate of drug-likeness (QED) is 0.562. The fourth-order valence-electron chi connectivity index (χ4n) is 2.20. The molecular formula is C20H17F3N2O2. The van der Waals surface area contributed by atoms with Crippen LogP contribution >= 0.6 is 0 Å². The molecule has 3 aromatic rings. The molecule has 3 rings (SSSR count). The monoisotopic (exact) mass is 374 g/mol. The van der Waals surface area contributed by atoms with Gasteiger partial charge in [0.1, 0.15) is 12.0 Å². The zero-order valence-corrected chi connectivity index (χ0v) is 14.7. The topological polar surface area (TPSA) is 52.1 Å². The van der Waals surface area contributed by atoms with Crippen LogP contribution in [-0.2, 0) is 0 Å². The standard InChI is InChI=1S/C18H11F3N2O2.C2H6/c19-18(20,21)25-15-7-5-14(6-8-15)17-22-10-9-16(23-17)13-3-1-12(11-24)2-4-13;1-2/h1-11H;1-2H3. The molecule has 140 valence electrons. The number of alkyl halides is 3. The van der Waals surface area contributed by atoms with Gasteiger partial charge in [-0.3, -0.25) is 4.79 Å². The fourth-order valence-corrected chi connectivity index (χ4v) is 2.20. The normalized spacial score (nSPS) is 10.6. The maximum atomic E-state index is 12.2. The molecule has 1 heterocycles. The number of carbonyl (C=O) groups is 1. The number of aldehydes is 1. The lowest BCUT2D eigenvalue weighted by molar-refractivity contribution is -0.274. The minimum Gasteiger partial charge on any atom is -0.406 e. The lowest BCUT2D eigenvalue weighted by Gasteiger charge is -2.09. The second-order valence-electron chi connectivity index (χ2n) is 5.08. The van der Waals surface area contributed by atoms with Gasteiger partial charge < -0.3 is 4.74 Å². The second-order valence-corrected chi connectivity index (χ2v) is 5.08. The van der Waals surface area contributed by atoms with E-state index in [-0.39, 0.29) is 5.75 Å². The summed E-state index contributed by atoms with van der Waals surface area (Å²) in [4.78, 5) is 19.3. The molecule has 0 aliphatic heterocycles. The molecule has 7 heteroatoms. The van der Waals surface area contributed by atoms with Gasteiger partial charge >= 0.3 is 6.36 Å². The minimum atomic E-state index is -4.73.